The van der Waals surface area contributed by atoms with Gasteiger partial charge in [0.2, 0.25) is 11.5 Å². The van der Waals surface area contributed by atoms with E-state index in [1.54, 1.807) is 0 Å². The molecule has 12 rings (SSSR count). The van der Waals surface area contributed by atoms with E-state index < -0.39 is 0 Å². The van der Waals surface area contributed by atoms with Gasteiger partial charge in [-0.05, 0) is 65.7 Å². The van der Waals surface area contributed by atoms with Crippen LogP contribution in [0.25, 0.3) is 112 Å². The van der Waals surface area contributed by atoms with Crippen molar-refractivity contribution < 1.29 is 8.83 Å². The average Bonchev–Trinajstić information content (AvgIpc) is 4.01. The number of hydrogen-bond donors (Lipinski definition) is 0. The third-order valence-corrected chi connectivity index (χ3v) is 10.6. The summed E-state index contributed by atoms with van der Waals surface area (Å²) in [5.41, 5.74) is 11.9. The quantitative estimate of drug-likeness (QED) is 0.176. The fraction of sp³-hybridized carbons (Fsp3) is 0. The normalized spacial score (nSPS) is 11.9. The maximum absolute atomic E-state index is 6.48. The third-order valence-electron chi connectivity index (χ3n) is 10.6. The molecule has 0 radical (unpaired) electrons. The molecule has 0 spiro atoms. The minimum absolute atomic E-state index is 0.583. The van der Waals surface area contributed by atoms with Gasteiger partial charge in [-0.1, -0.05) is 115 Å². The summed E-state index contributed by atoms with van der Waals surface area (Å²) in [6, 6.07) is 57.6. The summed E-state index contributed by atoms with van der Waals surface area (Å²) in [6.07, 6.45) is 0. The molecular weight excluding hydrogens is 693 g/mol. The molecule has 56 heavy (non-hydrogen) atoms. The molecule has 0 aliphatic carbocycles. The summed E-state index contributed by atoms with van der Waals surface area (Å²) in [4.78, 5) is 20.1. The Morgan fingerprint density at radius 1 is 0.411 bits per heavy atom. The van der Waals surface area contributed by atoms with E-state index >= 15 is 0 Å². The lowest BCUT2D eigenvalue weighted by atomic mass is 10.00. The fourth-order valence-corrected chi connectivity index (χ4v) is 8.06. The van der Waals surface area contributed by atoms with E-state index in [0.717, 1.165) is 88.7 Å². The van der Waals surface area contributed by atoms with Crippen molar-refractivity contribution in [2.75, 3.05) is 0 Å². The predicted octanol–water partition coefficient (Wildman–Crippen LogP) is 11.9. The van der Waals surface area contributed by atoms with E-state index in [1.807, 2.05) is 97.1 Å². The Bertz CT molecular complexity index is 3410. The van der Waals surface area contributed by atoms with Crippen molar-refractivity contribution in [3.63, 3.8) is 0 Å². The van der Waals surface area contributed by atoms with Gasteiger partial charge in [-0.2, -0.15) is 4.98 Å². The van der Waals surface area contributed by atoms with Crippen LogP contribution in [0.5, 0.6) is 0 Å². The first-order valence-electron chi connectivity index (χ1n) is 18.5. The van der Waals surface area contributed by atoms with Gasteiger partial charge in [-0.25, -0.2) is 15.0 Å². The molecule has 0 bridgehead atoms. The van der Waals surface area contributed by atoms with Gasteiger partial charge < -0.3 is 8.83 Å². The highest BCUT2D eigenvalue weighted by Gasteiger charge is 2.23. The van der Waals surface area contributed by atoms with Crippen molar-refractivity contribution in [3.8, 4) is 51.0 Å². The van der Waals surface area contributed by atoms with Gasteiger partial charge in [0.1, 0.15) is 22.3 Å². The Morgan fingerprint density at radius 3 is 1.80 bits per heavy atom. The van der Waals surface area contributed by atoms with Gasteiger partial charge >= 0.3 is 0 Å². The van der Waals surface area contributed by atoms with Crippen LogP contribution in [0.15, 0.2) is 179 Å². The number of imidazole rings is 2. The number of aromatic nitrogens is 6. The lowest BCUT2D eigenvalue weighted by molar-refractivity contribution is 0.656. The van der Waals surface area contributed by atoms with Gasteiger partial charge in [0.25, 0.3) is 0 Å². The highest BCUT2D eigenvalue weighted by Crippen LogP contribution is 2.40. The largest absolute Gasteiger partial charge is 0.456 e. The van der Waals surface area contributed by atoms with Crippen molar-refractivity contribution in [3.05, 3.63) is 170 Å². The number of hydrogen-bond acceptors (Lipinski definition) is 6. The zero-order valence-electron chi connectivity index (χ0n) is 29.7. The Balaban J connectivity index is 1.07. The first kappa shape index (κ1) is 30.6. The second-order valence-corrected chi connectivity index (χ2v) is 13.9. The maximum atomic E-state index is 6.48. The van der Waals surface area contributed by atoms with Crippen LogP contribution in [-0.2, 0) is 0 Å². The number of benzene rings is 7. The van der Waals surface area contributed by atoms with Crippen LogP contribution < -0.4 is 0 Å². The second kappa shape index (κ2) is 11.8. The van der Waals surface area contributed by atoms with E-state index in [0.29, 0.717) is 23.2 Å². The maximum Gasteiger partial charge on any atom is 0.248 e. The highest BCUT2D eigenvalue weighted by atomic mass is 16.3. The molecule has 0 saturated carbocycles. The van der Waals surface area contributed by atoms with E-state index in [2.05, 4.69) is 81.8 Å². The molecule has 0 aliphatic rings. The van der Waals surface area contributed by atoms with Crippen LogP contribution in [0.4, 0.5) is 0 Å². The van der Waals surface area contributed by atoms with Crippen molar-refractivity contribution in [2.24, 2.45) is 0 Å². The average molecular weight is 721 g/mol. The van der Waals surface area contributed by atoms with Crippen molar-refractivity contribution in [2.45, 2.75) is 0 Å². The van der Waals surface area contributed by atoms with Crippen molar-refractivity contribution in [1.82, 2.24) is 28.9 Å². The molecule has 0 amide bonds. The molecule has 7 aromatic carbocycles. The molecule has 8 heteroatoms. The number of para-hydroxylation sites is 2. The van der Waals surface area contributed by atoms with Crippen LogP contribution in [-0.4, -0.2) is 28.9 Å². The summed E-state index contributed by atoms with van der Waals surface area (Å²) in [5, 5.41) is 2.97. The third kappa shape index (κ3) is 4.59. The molecule has 0 unspecified atom stereocenters. The van der Waals surface area contributed by atoms with Gasteiger partial charge in [0.15, 0.2) is 17.5 Å². The van der Waals surface area contributed by atoms with E-state index in [-0.39, 0.29) is 0 Å². The lowest BCUT2D eigenvalue weighted by Crippen LogP contribution is -2.00. The second-order valence-electron chi connectivity index (χ2n) is 13.9. The molecule has 5 heterocycles. The van der Waals surface area contributed by atoms with Gasteiger partial charge in [-0.3, -0.25) is 8.97 Å². The Morgan fingerprint density at radius 2 is 1.04 bits per heavy atom. The first-order chi connectivity index (χ1) is 27.7. The molecule has 0 atom stereocenters. The predicted molar refractivity (Wildman–Crippen MR) is 222 cm³/mol. The molecule has 262 valence electrons. The number of nitrogens with zero attached hydrogens (tertiary/aromatic N) is 6. The smallest absolute Gasteiger partial charge is 0.248 e. The molecule has 0 aliphatic heterocycles. The molecular formula is C48H28N6O2. The van der Waals surface area contributed by atoms with Crippen LogP contribution in [0.2, 0.25) is 0 Å². The molecule has 0 N–H and O–H groups in total. The minimum Gasteiger partial charge on any atom is -0.456 e. The number of fused-ring (bicyclic) bond motifs is 10. The van der Waals surface area contributed by atoms with E-state index in [9.17, 15) is 0 Å². The molecule has 0 fully saturated rings. The monoisotopic (exact) mass is 720 g/mol. The summed E-state index contributed by atoms with van der Waals surface area (Å²) in [7, 11) is 0. The summed E-state index contributed by atoms with van der Waals surface area (Å²) in [5.74, 6) is 2.61. The standard InChI is InChI=1S/C48H28N6O2/c1-4-13-29(14-5-1)44-49-45(30-15-6-2-7-16-30)51-46(50-44)35-20-12-22-41-42(35)36-27-31(24-26-40(36)55-41)32-23-25-37-38(28-32)53(33-17-8-3-9-18-33)48-52-47-43(54(37)48)34-19-10-11-21-39(34)56-47/h1-28H. The highest BCUT2D eigenvalue weighted by molar-refractivity contribution is 6.13. The number of furan rings is 2. The van der Waals surface area contributed by atoms with Crippen LogP contribution >= 0.6 is 0 Å². The molecule has 12 aromatic rings. The van der Waals surface area contributed by atoms with Crippen LogP contribution in [0.1, 0.15) is 0 Å². The summed E-state index contributed by atoms with van der Waals surface area (Å²) in [6.45, 7) is 0. The topological polar surface area (TPSA) is 87.2 Å². The summed E-state index contributed by atoms with van der Waals surface area (Å²) >= 11 is 0. The Labute approximate surface area is 318 Å². The van der Waals surface area contributed by atoms with Crippen molar-refractivity contribution in [1.29, 1.82) is 0 Å². The van der Waals surface area contributed by atoms with Crippen LogP contribution in [0, 0.1) is 0 Å². The summed E-state index contributed by atoms with van der Waals surface area (Å²) < 4.78 is 17.1. The molecule has 8 nitrogen and oxygen atoms in total. The minimum atomic E-state index is 0.583. The molecule has 0 saturated heterocycles. The van der Waals surface area contributed by atoms with Gasteiger partial charge in [0, 0.05) is 38.5 Å². The zero-order valence-corrected chi connectivity index (χ0v) is 29.7. The number of rotatable bonds is 5. The van der Waals surface area contributed by atoms with E-state index in [4.69, 9.17) is 28.8 Å². The first-order valence-corrected chi connectivity index (χ1v) is 18.5. The van der Waals surface area contributed by atoms with Crippen molar-refractivity contribution >= 4 is 60.9 Å². The molecule has 5 aromatic heterocycles. The Kier molecular flexibility index (Phi) is 6.47. The fourth-order valence-electron chi connectivity index (χ4n) is 8.06. The van der Waals surface area contributed by atoms with Crippen LogP contribution in [0.3, 0.4) is 0 Å². The Hall–Kier alpha value is -7.84. The SMILES string of the molecule is c1ccc(-c2nc(-c3ccccc3)nc(-c3cccc4oc5ccc(-c6ccc7c(c6)n(-c6ccccc6)c6nc8oc9ccccc9c8n76)cc5c34)n2)cc1. The lowest BCUT2D eigenvalue weighted by Gasteiger charge is -2.09. The van der Waals surface area contributed by atoms with Gasteiger partial charge in [-0.15, -0.1) is 0 Å². The zero-order chi connectivity index (χ0) is 36.7. The van der Waals surface area contributed by atoms with E-state index in [1.165, 1.54) is 0 Å². The van der Waals surface area contributed by atoms with Gasteiger partial charge in [0.05, 0.1) is 11.0 Å².